The molecule has 1 aliphatic rings. The van der Waals surface area contributed by atoms with Crippen LogP contribution in [-0.4, -0.2) is 17.7 Å². The van der Waals surface area contributed by atoms with Gasteiger partial charge in [0.15, 0.2) is 11.2 Å². The Morgan fingerprint density at radius 3 is 2.58 bits per heavy atom. The maximum atomic E-state index is 13.5. The van der Waals surface area contributed by atoms with E-state index in [0.717, 1.165) is 10.0 Å². The van der Waals surface area contributed by atoms with E-state index >= 15 is 0 Å². The molecule has 0 spiro atoms. The molecule has 3 heterocycles. The quantitative estimate of drug-likeness (QED) is 0.408. The summed E-state index contributed by atoms with van der Waals surface area (Å²) in [5.41, 5.74) is 1.11. The lowest BCUT2D eigenvalue weighted by atomic mass is 9.98. The number of carbonyl (C=O) groups is 1. The van der Waals surface area contributed by atoms with Crippen LogP contribution in [0.25, 0.3) is 11.0 Å². The summed E-state index contributed by atoms with van der Waals surface area (Å²) >= 11 is 3.40. The molecule has 0 fully saturated rings. The fourth-order valence-corrected chi connectivity index (χ4v) is 4.24. The minimum Gasteiger partial charge on any atom is -0.494 e. The summed E-state index contributed by atoms with van der Waals surface area (Å²) in [5, 5.41) is 4.42. The van der Waals surface area contributed by atoms with Crippen molar-refractivity contribution in [3.05, 3.63) is 85.9 Å². The Morgan fingerprint density at radius 1 is 1.13 bits per heavy atom. The molecule has 2 aromatic heterocycles. The molecule has 1 amide bonds. The lowest BCUT2D eigenvalue weighted by molar-refractivity contribution is 0.0969. The third kappa shape index (κ3) is 3.14. The zero-order valence-corrected chi connectivity index (χ0v) is 18.3. The van der Waals surface area contributed by atoms with Crippen molar-refractivity contribution in [2.75, 3.05) is 11.5 Å². The number of halogens is 1. The van der Waals surface area contributed by atoms with E-state index in [1.807, 2.05) is 31.2 Å². The molecule has 0 aliphatic carbocycles. The van der Waals surface area contributed by atoms with Gasteiger partial charge in [-0.2, -0.15) is 0 Å². The van der Waals surface area contributed by atoms with E-state index in [-0.39, 0.29) is 16.8 Å². The van der Waals surface area contributed by atoms with Crippen LogP contribution in [0.15, 0.2) is 66.7 Å². The number of hydrogen-bond donors (Lipinski definition) is 0. The molecule has 1 aliphatic heterocycles. The molecule has 0 saturated carbocycles. The van der Waals surface area contributed by atoms with Crippen LogP contribution in [0.3, 0.4) is 0 Å². The molecule has 0 N–H and O–H groups in total. The molecule has 1 atom stereocenters. The van der Waals surface area contributed by atoms with Crippen LogP contribution in [0.1, 0.15) is 40.4 Å². The first kappa shape index (κ1) is 19.6. The van der Waals surface area contributed by atoms with Crippen molar-refractivity contribution in [3.8, 4) is 5.75 Å². The van der Waals surface area contributed by atoms with Crippen molar-refractivity contribution in [2.45, 2.75) is 19.9 Å². The summed E-state index contributed by atoms with van der Waals surface area (Å²) in [7, 11) is 0. The number of anilines is 1. The van der Waals surface area contributed by atoms with Crippen molar-refractivity contribution in [2.24, 2.45) is 0 Å². The topological polar surface area (TPSA) is 85.8 Å². The molecule has 7 nitrogen and oxygen atoms in total. The number of aromatic nitrogens is 1. The number of nitrogens with zero attached hydrogens (tertiary/aromatic N) is 2. The van der Waals surface area contributed by atoms with E-state index in [4.69, 9.17) is 13.7 Å². The third-order valence-electron chi connectivity index (χ3n) is 5.20. The SMILES string of the molecule is CCOc1ccc([C@@H]2c3c(oc4ccc(Br)cc4c3=O)C(=O)N2c2cc(C)on2)cc1. The van der Waals surface area contributed by atoms with Gasteiger partial charge in [0.1, 0.15) is 17.1 Å². The molecule has 156 valence electrons. The maximum Gasteiger partial charge on any atom is 0.296 e. The Kier molecular flexibility index (Phi) is 4.66. The Labute approximate surface area is 185 Å². The molecule has 8 heteroatoms. The standard InChI is InChI=1S/C23H17BrN2O5/c1-3-29-15-7-4-13(5-8-15)20-19-21(27)16-11-14(24)6-9-17(16)30-22(19)23(28)26(20)18-10-12(2)31-25-18/h4-11,20H,3H2,1-2H3/t20-/m1/s1. The number of benzene rings is 2. The lowest BCUT2D eigenvalue weighted by Crippen LogP contribution is -2.29. The van der Waals surface area contributed by atoms with Crippen LogP contribution < -0.4 is 15.1 Å². The van der Waals surface area contributed by atoms with Crippen LogP contribution in [0, 0.1) is 6.92 Å². The van der Waals surface area contributed by atoms with Gasteiger partial charge in [-0.1, -0.05) is 33.2 Å². The normalized spacial score (nSPS) is 15.5. The molecule has 4 aromatic rings. The molecule has 5 rings (SSSR count). The molecule has 0 unspecified atom stereocenters. The summed E-state index contributed by atoms with van der Waals surface area (Å²) in [6, 6.07) is 13.4. The highest BCUT2D eigenvalue weighted by molar-refractivity contribution is 9.10. The van der Waals surface area contributed by atoms with E-state index in [2.05, 4.69) is 21.1 Å². The van der Waals surface area contributed by atoms with Gasteiger partial charge >= 0.3 is 0 Å². The number of hydrogen-bond acceptors (Lipinski definition) is 6. The fraction of sp³-hybridized carbons (Fsp3) is 0.174. The average Bonchev–Trinajstić information content (AvgIpc) is 3.31. The van der Waals surface area contributed by atoms with Gasteiger partial charge in [-0.3, -0.25) is 14.5 Å². The van der Waals surface area contributed by atoms with Gasteiger partial charge in [0.05, 0.1) is 23.6 Å². The van der Waals surface area contributed by atoms with E-state index < -0.39 is 11.9 Å². The number of fused-ring (bicyclic) bond motifs is 2. The second-order valence-electron chi connectivity index (χ2n) is 7.19. The Morgan fingerprint density at radius 2 is 1.90 bits per heavy atom. The fourth-order valence-electron chi connectivity index (χ4n) is 3.88. The van der Waals surface area contributed by atoms with Crippen molar-refractivity contribution < 1.29 is 18.5 Å². The second-order valence-corrected chi connectivity index (χ2v) is 8.11. The number of ether oxygens (including phenoxy) is 1. The number of rotatable bonds is 4. The Hall–Kier alpha value is -3.39. The predicted molar refractivity (Wildman–Crippen MR) is 118 cm³/mol. The van der Waals surface area contributed by atoms with Crippen LogP contribution in [-0.2, 0) is 0 Å². The summed E-state index contributed by atoms with van der Waals surface area (Å²) in [6.45, 7) is 4.19. The number of carbonyl (C=O) groups excluding carboxylic acids is 1. The monoisotopic (exact) mass is 480 g/mol. The highest BCUT2D eigenvalue weighted by Crippen LogP contribution is 2.41. The van der Waals surface area contributed by atoms with E-state index in [1.54, 1.807) is 31.2 Å². The summed E-state index contributed by atoms with van der Waals surface area (Å²) < 4.78 is 17.4. The summed E-state index contributed by atoms with van der Waals surface area (Å²) in [6.07, 6.45) is 0. The molecule has 0 radical (unpaired) electrons. The largest absolute Gasteiger partial charge is 0.494 e. The molecular formula is C23H17BrN2O5. The highest BCUT2D eigenvalue weighted by atomic mass is 79.9. The van der Waals surface area contributed by atoms with Gasteiger partial charge in [0.2, 0.25) is 5.76 Å². The highest BCUT2D eigenvalue weighted by Gasteiger charge is 2.44. The average molecular weight is 481 g/mol. The second kappa shape index (κ2) is 7.39. The van der Waals surface area contributed by atoms with Gasteiger partial charge in [-0.15, -0.1) is 0 Å². The molecule has 0 saturated heterocycles. The van der Waals surface area contributed by atoms with Gasteiger partial charge in [0.25, 0.3) is 5.91 Å². The van der Waals surface area contributed by atoms with E-state index in [1.165, 1.54) is 4.90 Å². The van der Waals surface area contributed by atoms with Crippen LogP contribution in [0.5, 0.6) is 5.75 Å². The summed E-state index contributed by atoms with van der Waals surface area (Å²) in [5.74, 6) is 1.15. The summed E-state index contributed by atoms with van der Waals surface area (Å²) in [4.78, 5) is 28.4. The van der Waals surface area contributed by atoms with Crippen LogP contribution in [0.4, 0.5) is 5.82 Å². The minimum atomic E-state index is -0.706. The minimum absolute atomic E-state index is 0.0133. The maximum absolute atomic E-state index is 13.5. The number of amides is 1. The van der Waals surface area contributed by atoms with Gasteiger partial charge in [-0.25, -0.2) is 0 Å². The van der Waals surface area contributed by atoms with Crippen molar-refractivity contribution in [1.82, 2.24) is 5.16 Å². The van der Waals surface area contributed by atoms with E-state index in [9.17, 15) is 9.59 Å². The van der Waals surface area contributed by atoms with Gasteiger partial charge in [-0.05, 0) is 49.7 Å². The first-order valence-electron chi connectivity index (χ1n) is 9.74. The molecule has 0 bridgehead atoms. The van der Waals surface area contributed by atoms with E-state index in [0.29, 0.717) is 34.9 Å². The third-order valence-corrected chi connectivity index (χ3v) is 5.69. The van der Waals surface area contributed by atoms with Gasteiger partial charge < -0.3 is 13.7 Å². The van der Waals surface area contributed by atoms with Crippen molar-refractivity contribution in [3.63, 3.8) is 0 Å². The lowest BCUT2D eigenvalue weighted by Gasteiger charge is -2.22. The first-order valence-corrected chi connectivity index (χ1v) is 10.5. The Bertz CT molecular complexity index is 1370. The molecular weight excluding hydrogens is 464 g/mol. The number of aryl methyl sites for hydroxylation is 1. The first-order chi connectivity index (χ1) is 15.0. The van der Waals surface area contributed by atoms with Crippen molar-refractivity contribution >= 4 is 38.6 Å². The van der Waals surface area contributed by atoms with Crippen LogP contribution in [0.2, 0.25) is 0 Å². The molecule has 31 heavy (non-hydrogen) atoms. The van der Waals surface area contributed by atoms with Gasteiger partial charge in [0, 0.05) is 10.5 Å². The molecule has 2 aromatic carbocycles. The zero-order chi connectivity index (χ0) is 21.7. The smallest absolute Gasteiger partial charge is 0.296 e. The zero-order valence-electron chi connectivity index (χ0n) is 16.7. The predicted octanol–water partition coefficient (Wildman–Crippen LogP) is 5.00. The Balaban J connectivity index is 1.76. The van der Waals surface area contributed by atoms with Crippen molar-refractivity contribution in [1.29, 1.82) is 0 Å². The van der Waals surface area contributed by atoms with Crippen LogP contribution >= 0.6 is 15.9 Å².